The van der Waals surface area contributed by atoms with Crippen molar-refractivity contribution in [3.8, 4) is 0 Å². The Hall–Kier alpha value is -0.810. The Morgan fingerprint density at radius 2 is 2.00 bits per heavy atom. The van der Waals surface area contributed by atoms with E-state index in [9.17, 15) is 0 Å². The van der Waals surface area contributed by atoms with Gasteiger partial charge >= 0.3 is 0 Å². The molecule has 0 aliphatic carbocycles. The molecule has 0 aliphatic heterocycles. The van der Waals surface area contributed by atoms with E-state index in [0.717, 1.165) is 25.0 Å². The van der Waals surface area contributed by atoms with Gasteiger partial charge in [-0.05, 0) is 45.8 Å². The van der Waals surface area contributed by atoms with Crippen LogP contribution >= 0.6 is 12.8 Å². The van der Waals surface area contributed by atoms with E-state index in [4.69, 9.17) is 10.1 Å². The fourth-order valence-corrected chi connectivity index (χ4v) is 1.89. The maximum Gasteiger partial charge on any atom is 0.233 e. The Morgan fingerprint density at radius 1 is 1.32 bits per heavy atom. The van der Waals surface area contributed by atoms with Crippen LogP contribution < -0.4 is 0 Å². The number of allylic oxidation sites excluding steroid dienone is 1. The second kappa shape index (κ2) is 11.1. The van der Waals surface area contributed by atoms with Gasteiger partial charge in [-0.25, -0.2) is 4.40 Å². The number of nitrogens with zero attached hydrogens (tertiary/aromatic N) is 2. The summed E-state index contributed by atoms with van der Waals surface area (Å²) < 4.78 is 9.34. The van der Waals surface area contributed by atoms with Crippen molar-refractivity contribution in [3.05, 3.63) is 11.6 Å². The van der Waals surface area contributed by atoms with Gasteiger partial charge in [0.2, 0.25) is 5.90 Å². The van der Waals surface area contributed by atoms with Crippen molar-refractivity contribution in [1.29, 1.82) is 5.41 Å². The SMILES string of the molecule is C/C=C(CN(C)C)/C(=N/S)C(=N)OCCCCCC. The summed E-state index contributed by atoms with van der Waals surface area (Å²) in [5, 5.41) is 7.94. The first kappa shape index (κ1) is 18.2. The molecule has 0 fully saturated rings. The second-order valence-corrected chi connectivity index (χ2v) is 4.94. The molecule has 0 radical (unpaired) electrons. The highest BCUT2D eigenvalue weighted by Gasteiger charge is 2.14. The Labute approximate surface area is 123 Å². The fourth-order valence-electron chi connectivity index (χ4n) is 1.67. The molecule has 0 saturated carbocycles. The largest absolute Gasteiger partial charge is 0.477 e. The first-order valence-corrected chi connectivity index (χ1v) is 7.20. The van der Waals surface area contributed by atoms with Gasteiger partial charge in [-0.2, -0.15) is 0 Å². The summed E-state index contributed by atoms with van der Waals surface area (Å²) in [6.07, 6.45) is 6.49. The van der Waals surface area contributed by atoms with E-state index in [0.29, 0.717) is 12.3 Å². The first-order chi connectivity index (χ1) is 9.06. The molecule has 19 heavy (non-hydrogen) atoms. The average Bonchev–Trinajstić information content (AvgIpc) is 2.37. The van der Waals surface area contributed by atoms with Gasteiger partial charge in [-0.1, -0.05) is 32.3 Å². The minimum Gasteiger partial charge on any atom is -0.477 e. The minimum absolute atomic E-state index is 0.112. The quantitative estimate of drug-likeness (QED) is 0.295. The van der Waals surface area contributed by atoms with E-state index < -0.39 is 0 Å². The molecule has 0 aromatic heterocycles. The van der Waals surface area contributed by atoms with Gasteiger partial charge in [-0.3, -0.25) is 5.41 Å². The lowest BCUT2D eigenvalue weighted by molar-refractivity contribution is 0.295. The van der Waals surface area contributed by atoms with Crippen molar-refractivity contribution in [3.63, 3.8) is 0 Å². The molecule has 1 N–H and O–H groups in total. The van der Waals surface area contributed by atoms with Crippen LogP contribution in [0.1, 0.15) is 39.5 Å². The van der Waals surface area contributed by atoms with Crippen LogP contribution in [0.2, 0.25) is 0 Å². The summed E-state index contributed by atoms with van der Waals surface area (Å²) in [7, 11) is 3.96. The number of nitrogens with one attached hydrogen (secondary N) is 1. The highest BCUT2D eigenvalue weighted by atomic mass is 32.1. The summed E-state index contributed by atoms with van der Waals surface area (Å²) >= 11 is 3.96. The van der Waals surface area contributed by atoms with Gasteiger partial charge in [0.25, 0.3) is 0 Å². The van der Waals surface area contributed by atoms with E-state index in [-0.39, 0.29) is 5.90 Å². The molecule has 0 aromatic rings. The van der Waals surface area contributed by atoms with Gasteiger partial charge in [-0.15, -0.1) is 0 Å². The molecule has 110 valence electrons. The predicted molar refractivity (Wildman–Crippen MR) is 86.6 cm³/mol. The number of likely N-dealkylation sites (N-methyl/N-ethyl adjacent to an activating group) is 1. The number of rotatable bonds is 9. The lowest BCUT2D eigenvalue weighted by Crippen LogP contribution is -2.26. The molecule has 0 bridgehead atoms. The Balaban J connectivity index is 4.32. The van der Waals surface area contributed by atoms with E-state index in [1.165, 1.54) is 12.8 Å². The van der Waals surface area contributed by atoms with Crippen LogP contribution in [0.5, 0.6) is 0 Å². The average molecular weight is 285 g/mol. The summed E-state index contributed by atoms with van der Waals surface area (Å²) in [4.78, 5) is 2.03. The predicted octanol–water partition coefficient (Wildman–Crippen LogP) is 3.35. The van der Waals surface area contributed by atoms with Crippen LogP contribution in [0.15, 0.2) is 16.0 Å². The van der Waals surface area contributed by atoms with Gasteiger partial charge in [0, 0.05) is 6.54 Å². The molecule has 0 aliphatic rings. The van der Waals surface area contributed by atoms with Crippen molar-refractivity contribution in [2.45, 2.75) is 39.5 Å². The lowest BCUT2D eigenvalue weighted by Gasteiger charge is -2.15. The Bertz CT molecular complexity index is 325. The fraction of sp³-hybridized carbons (Fsp3) is 0.714. The summed E-state index contributed by atoms with van der Waals surface area (Å²) in [5.41, 5.74) is 1.48. The van der Waals surface area contributed by atoms with Crippen LogP contribution in [-0.2, 0) is 4.74 Å². The zero-order valence-corrected chi connectivity index (χ0v) is 13.5. The molecule has 0 amide bonds. The molecule has 0 rings (SSSR count). The topological polar surface area (TPSA) is 48.7 Å². The number of hydrogen-bond donors (Lipinski definition) is 2. The standard InChI is InChI=1S/C14H27N3OS/c1-5-7-8-9-10-18-14(15)13(16-19)12(6-2)11-17(3)4/h6,15,19H,5,7-11H2,1-4H3/b12-6+,15-14?,16-13-. The molecule has 0 saturated heterocycles. The molecule has 0 heterocycles. The third-order valence-corrected chi connectivity index (χ3v) is 2.90. The number of unbranched alkanes of at least 4 members (excludes halogenated alkanes) is 3. The van der Waals surface area contributed by atoms with Crippen molar-refractivity contribution < 1.29 is 4.74 Å². The third-order valence-electron chi connectivity index (χ3n) is 2.70. The Morgan fingerprint density at radius 3 is 2.47 bits per heavy atom. The zero-order chi connectivity index (χ0) is 14.7. The van der Waals surface area contributed by atoms with Crippen LogP contribution in [0.25, 0.3) is 0 Å². The van der Waals surface area contributed by atoms with Gasteiger partial charge < -0.3 is 9.64 Å². The minimum atomic E-state index is 0.112. The lowest BCUT2D eigenvalue weighted by atomic mass is 10.1. The van der Waals surface area contributed by atoms with Crippen LogP contribution in [-0.4, -0.2) is 43.8 Å². The highest BCUT2D eigenvalue weighted by Crippen LogP contribution is 2.06. The molecule has 0 atom stereocenters. The second-order valence-electron chi connectivity index (χ2n) is 4.74. The van der Waals surface area contributed by atoms with Gasteiger partial charge in [0.15, 0.2) is 0 Å². The van der Waals surface area contributed by atoms with Crippen LogP contribution in [0, 0.1) is 5.41 Å². The maximum absolute atomic E-state index is 7.94. The van der Waals surface area contributed by atoms with E-state index in [2.05, 4.69) is 24.1 Å². The van der Waals surface area contributed by atoms with Crippen molar-refractivity contribution in [1.82, 2.24) is 4.90 Å². The smallest absolute Gasteiger partial charge is 0.233 e. The number of thiol groups is 1. The van der Waals surface area contributed by atoms with E-state index >= 15 is 0 Å². The molecule has 5 heteroatoms. The Kier molecular flexibility index (Phi) is 10.6. The van der Waals surface area contributed by atoms with Crippen molar-refractivity contribution >= 4 is 24.4 Å². The summed E-state index contributed by atoms with van der Waals surface area (Å²) in [6, 6.07) is 0. The molecule has 0 aromatic carbocycles. The van der Waals surface area contributed by atoms with E-state index in [1.54, 1.807) is 0 Å². The zero-order valence-electron chi connectivity index (χ0n) is 12.6. The van der Waals surface area contributed by atoms with Gasteiger partial charge in [0.1, 0.15) is 5.71 Å². The molecule has 0 spiro atoms. The van der Waals surface area contributed by atoms with E-state index in [1.807, 2.05) is 32.0 Å². The summed E-state index contributed by atoms with van der Waals surface area (Å²) in [6.45, 7) is 5.41. The molecular weight excluding hydrogens is 258 g/mol. The highest BCUT2D eigenvalue weighted by molar-refractivity contribution is 7.79. The van der Waals surface area contributed by atoms with Crippen molar-refractivity contribution in [2.24, 2.45) is 4.40 Å². The van der Waals surface area contributed by atoms with Crippen LogP contribution in [0.4, 0.5) is 0 Å². The number of hydrogen-bond acceptors (Lipinski definition) is 5. The molecule has 0 unspecified atom stereocenters. The monoisotopic (exact) mass is 285 g/mol. The number of ether oxygens (including phenoxy) is 1. The van der Waals surface area contributed by atoms with Crippen molar-refractivity contribution in [2.75, 3.05) is 27.2 Å². The van der Waals surface area contributed by atoms with Gasteiger partial charge in [0.05, 0.1) is 6.61 Å². The normalized spacial score (nSPS) is 12.9. The summed E-state index contributed by atoms with van der Waals surface area (Å²) in [5.74, 6) is 0.112. The molecule has 4 nitrogen and oxygen atoms in total. The molecular formula is C14H27N3OS. The first-order valence-electron chi connectivity index (χ1n) is 6.80. The van der Waals surface area contributed by atoms with Crippen LogP contribution in [0.3, 0.4) is 0 Å². The maximum atomic E-state index is 7.94. The third kappa shape index (κ3) is 8.06.